The highest BCUT2D eigenvalue weighted by Gasteiger charge is 2.16. The Labute approximate surface area is 163 Å². The summed E-state index contributed by atoms with van der Waals surface area (Å²) in [6.45, 7) is 3.90. The number of methoxy groups -OCH3 is 1. The summed E-state index contributed by atoms with van der Waals surface area (Å²) >= 11 is 0. The molecule has 3 rings (SSSR count). The van der Waals surface area contributed by atoms with Gasteiger partial charge in [-0.3, -0.25) is 9.59 Å². The first kappa shape index (κ1) is 19.2. The fraction of sp³-hybridized carbons (Fsp3) is 0.182. The highest BCUT2D eigenvalue weighted by atomic mass is 16.5. The summed E-state index contributed by atoms with van der Waals surface area (Å²) in [6, 6.07) is 15.5. The van der Waals surface area contributed by atoms with Crippen LogP contribution in [0.25, 0.3) is 0 Å². The molecule has 1 atom stereocenters. The number of hydrogen-bond donors (Lipinski definition) is 2. The Balaban J connectivity index is 1.66. The maximum Gasteiger partial charge on any atom is 0.291 e. The highest BCUT2D eigenvalue weighted by Crippen LogP contribution is 2.26. The minimum absolute atomic E-state index is 0.208. The van der Waals surface area contributed by atoms with Crippen molar-refractivity contribution in [2.75, 3.05) is 12.4 Å². The van der Waals surface area contributed by atoms with Crippen molar-refractivity contribution >= 4 is 17.5 Å². The van der Waals surface area contributed by atoms with Crippen molar-refractivity contribution < 1.29 is 18.7 Å². The van der Waals surface area contributed by atoms with E-state index in [2.05, 4.69) is 10.6 Å². The minimum Gasteiger partial charge on any atom is -0.496 e. The van der Waals surface area contributed by atoms with Crippen molar-refractivity contribution in [3.63, 3.8) is 0 Å². The predicted molar refractivity (Wildman–Crippen MR) is 107 cm³/mol. The van der Waals surface area contributed by atoms with E-state index in [1.807, 2.05) is 32.0 Å². The van der Waals surface area contributed by atoms with Crippen LogP contribution in [-0.4, -0.2) is 18.9 Å². The van der Waals surface area contributed by atoms with Gasteiger partial charge < -0.3 is 19.8 Å². The van der Waals surface area contributed by atoms with Crippen molar-refractivity contribution in [1.29, 1.82) is 0 Å². The smallest absolute Gasteiger partial charge is 0.291 e. The van der Waals surface area contributed by atoms with Crippen LogP contribution in [0.2, 0.25) is 0 Å². The van der Waals surface area contributed by atoms with Gasteiger partial charge in [0.1, 0.15) is 5.75 Å². The maximum atomic E-state index is 12.6. The molecule has 3 aromatic rings. The predicted octanol–water partition coefficient (Wildman–Crippen LogP) is 4.34. The van der Waals surface area contributed by atoms with Crippen molar-refractivity contribution in [1.82, 2.24) is 5.32 Å². The molecule has 1 heterocycles. The molecule has 0 fully saturated rings. The molecule has 0 aliphatic heterocycles. The Morgan fingerprint density at radius 1 is 1.04 bits per heavy atom. The molecule has 0 aliphatic carbocycles. The normalized spacial score (nSPS) is 11.5. The van der Waals surface area contributed by atoms with Gasteiger partial charge in [0.05, 0.1) is 19.4 Å². The fourth-order valence-corrected chi connectivity index (χ4v) is 2.86. The average molecular weight is 378 g/mol. The van der Waals surface area contributed by atoms with E-state index in [-0.39, 0.29) is 23.6 Å². The molecule has 28 heavy (non-hydrogen) atoms. The van der Waals surface area contributed by atoms with Gasteiger partial charge in [0.2, 0.25) is 0 Å². The summed E-state index contributed by atoms with van der Waals surface area (Å²) < 4.78 is 10.4. The van der Waals surface area contributed by atoms with Crippen LogP contribution in [0.4, 0.5) is 5.69 Å². The third-order valence-corrected chi connectivity index (χ3v) is 4.35. The number of aryl methyl sites for hydroxylation is 1. The molecule has 0 radical (unpaired) electrons. The molecule has 2 N–H and O–H groups in total. The van der Waals surface area contributed by atoms with Crippen molar-refractivity contribution in [3.05, 3.63) is 83.3 Å². The van der Waals surface area contributed by atoms with E-state index >= 15 is 0 Å². The van der Waals surface area contributed by atoms with Gasteiger partial charge >= 0.3 is 0 Å². The lowest BCUT2D eigenvalue weighted by Crippen LogP contribution is -2.27. The third kappa shape index (κ3) is 4.40. The molecular formula is C22H22N2O4. The molecular weight excluding hydrogens is 356 g/mol. The maximum absolute atomic E-state index is 12.6. The highest BCUT2D eigenvalue weighted by molar-refractivity contribution is 6.02. The lowest BCUT2D eigenvalue weighted by Gasteiger charge is -2.18. The van der Waals surface area contributed by atoms with Crippen molar-refractivity contribution in [2.24, 2.45) is 0 Å². The van der Waals surface area contributed by atoms with Crippen molar-refractivity contribution in [3.8, 4) is 5.75 Å². The second kappa shape index (κ2) is 8.43. The Bertz CT molecular complexity index is 963. The third-order valence-electron chi connectivity index (χ3n) is 4.35. The summed E-state index contributed by atoms with van der Waals surface area (Å²) in [5.74, 6) is 0.402. The van der Waals surface area contributed by atoms with E-state index in [4.69, 9.17) is 9.15 Å². The SMILES string of the molecule is COc1ccc(C)cc1[C@H](C)NC(=O)c1ccc(NC(=O)c2ccco2)cc1. The molecule has 0 spiro atoms. The van der Waals surface area contributed by atoms with Gasteiger partial charge in [-0.2, -0.15) is 0 Å². The standard InChI is InChI=1S/C22H22N2O4/c1-14-6-11-19(27-3)18(13-14)15(2)23-21(25)16-7-9-17(10-8-16)24-22(26)20-5-4-12-28-20/h4-13,15H,1-3H3,(H,23,25)(H,24,26)/t15-/m0/s1. The number of carbonyl (C=O) groups is 2. The van der Waals surface area contributed by atoms with E-state index in [1.165, 1.54) is 6.26 Å². The number of rotatable bonds is 6. The van der Waals surface area contributed by atoms with Gasteiger partial charge in [-0.1, -0.05) is 17.7 Å². The molecule has 0 saturated carbocycles. The van der Waals surface area contributed by atoms with E-state index in [9.17, 15) is 9.59 Å². The Morgan fingerprint density at radius 3 is 2.43 bits per heavy atom. The van der Waals surface area contributed by atoms with E-state index in [0.29, 0.717) is 11.3 Å². The van der Waals surface area contributed by atoms with Crippen LogP contribution in [0.15, 0.2) is 65.3 Å². The first-order valence-electron chi connectivity index (χ1n) is 8.88. The molecule has 2 amide bonds. The summed E-state index contributed by atoms with van der Waals surface area (Å²) in [6.07, 6.45) is 1.44. The van der Waals surface area contributed by atoms with Gasteiger partial charge in [0, 0.05) is 16.8 Å². The lowest BCUT2D eigenvalue weighted by molar-refractivity contribution is 0.0938. The zero-order valence-corrected chi connectivity index (χ0v) is 16.0. The number of nitrogens with one attached hydrogen (secondary N) is 2. The molecule has 0 aliphatic rings. The van der Waals surface area contributed by atoms with Crippen molar-refractivity contribution in [2.45, 2.75) is 19.9 Å². The van der Waals surface area contributed by atoms with E-state index < -0.39 is 0 Å². The van der Waals surface area contributed by atoms with Crippen LogP contribution in [-0.2, 0) is 0 Å². The Kier molecular flexibility index (Phi) is 5.79. The van der Waals surface area contributed by atoms with Gasteiger partial charge in [-0.05, 0) is 56.3 Å². The van der Waals surface area contributed by atoms with Gasteiger partial charge in [-0.15, -0.1) is 0 Å². The van der Waals surface area contributed by atoms with Gasteiger partial charge in [0.15, 0.2) is 5.76 Å². The quantitative estimate of drug-likeness (QED) is 0.669. The Morgan fingerprint density at radius 2 is 1.79 bits per heavy atom. The summed E-state index contributed by atoms with van der Waals surface area (Å²) in [5.41, 5.74) is 3.08. The number of carbonyl (C=O) groups excluding carboxylic acids is 2. The van der Waals surface area contributed by atoms with Crippen LogP contribution >= 0.6 is 0 Å². The molecule has 144 valence electrons. The first-order chi connectivity index (χ1) is 13.5. The monoisotopic (exact) mass is 378 g/mol. The molecule has 1 aromatic heterocycles. The number of ether oxygens (including phenoxy) is 1. The molecule has 0 bridgehead atoms. The summed E-state index contributed by atoms with van der Waals surface area (Å²) in [5, 5.41) is 5.69. The van der Waals surface area contributed by atoms with E-state index in [1.54, 1.807) is 43.5 Å². The van der Waals surface area contributed by atoms with Crippen LogP contribution in [0.1, 0.15) is 45.0 Å². The topological polar surface area (TPSA) is 80.6 Å². The molecule has 0 saturated heterocycles. The van der Waals surface area contributed by atoms with Crippen LogP contribution < -0.4 is 15.4 Å². The molecule has 2 aromatic carbocycles. The molecule has 6 nitrogen and oxygen atoms in total. The van der Waals surface area contributed by atoms with Crippen LogP contribution in [0.3, 0.4) is 0 Å². The Hall–Kier alpha value is -3.54. The number of amides is 2. The lowest BCUT2D eigenvalue weighted by atomic mass is 10.0. The number of benzene rings is 2. The van der Waals surface area contributed by atoms with Crippen LogP contribution in [0.5, 0.6) is 5.75 Å². The largest absolute Gasteiger partial charge is 0.496 e. The number of hydrogen-bond acceptors (Lipinski definition) is 4. The summed E-state index contributed by atoms with van der Waals surface area (Å²) in [4.78, 5) is 24.6. The van der Waals surface area contributed by atoms with E-state index in [0.717, 1.165) is 16.9 Å². The number of furan rings is 1. The zero-order chi connectivity index (χ0) is 20.1. The zero-order valence-electron chi connectivity index (χ0n) is 16.0. The average Bonchev–Trinajstić information content (AvgIpc) is 3.23. The van der Waals surface area contributed by atoms with Gasteiger partial charge in [-0.25, -0.2) is 0 Å². The minimum atomic E-state index is -0.345. The second-order valence-electron chi connectivity index (χ2n) is 6.45. The number of anilines is 1. The molecule has 6 heteroatoms. The fourth-order valence-electron chi connectivity index (χ4n) is 2.86. The van der Waals surface area contributed by atoms with Gasteiger partial charge in [0.25, 0.3) is 11.8 Å². The molecule has 0 unspecified atom stereocenters. The van der Waals surface area contributed by atoms with Crippen LogP contribution in [0, 0.1) is 6.92 Å². The summed E-state index contributed by atoms with van der Waals surface area (Å²) in [7, 11) is 1.61. The second-order valence-corrected chi connectivity index (χ2v) is 6.45. The first-order valence-corrected chi connectivity index (χ1v) is 8.88.